The molecule has 0 aliphatic rings. The van der Waals surface area contributed by atoms with E-state index in [9.17, 15) is 9.59 Å². The molecule has 0 aliphatic carbocycles. The first-order chi connectivity index (χ1) is 16.3. The number of aromatic nitrogens is 3. The molecule has 0 bridgehead atoms. The van der Waals surface area contributed by atoms with Crippen molar-refractivity contribution in [2.75, 3.05) is 18.2 Å². The number of hydrogen-bond acceptors (Lipinski definition) is 6. The van der Waals surface area contributed by atoms with Gasteiger partial charge >= 0.3 is 0 Å². The van der Waals surface area contributed by atoms with Crippen LogP contribution in [0.5, 0.6) is 5.75 Å². The molecule has 0 saturated carbocycles. The van der Waals surface area contributed by atoms with E-state index in [-0.39, 0.29) is 30.0 Å². The van der Waals surface area contributed by atoms with Crippen molar-refractivity contribution in [2.24, 2.45) is 7.05 Å². The number of carbonyl (C=O) groups is 2. The van der Waals surface area contributed by atoms with Crippen molar-refractivity contribution in [1.82, 2.24) is 20.1 Å². The Bertz CT molecular complexity index is 1130. The fourth-order valence-electron chi connectivity index (χ4n) is 3.55. The van der Waals surface area contributed by atoms with Gasteiger partial charge in [-0.1, -0.05) is 55.9 Å². The molecule has 8 nitrogen and oxygen atoms in total. The maximum absolute atomic E-state index is 12.5. The van der Waals surface area contributed by atoms with Crippen molar-refractivity contribution >= 4 is 29.3 Å². The summed E-state index contributed by atoms with van der Waals surface area (Å²) in [5.74, 6) is 1.67. The molecule has 0 radical (unpaired) electrons. The molecular weight excluding hydrogens is 450 g/mol. The van der Waals surface area contributed by atoms with E-state index in [0.29, 0.717) is 16.9 Å². The number of rotatable bonds is 10. The van der Waals surface area contributed by atoms with Crippen molar-refractivity contribution in [3.63, 3.8) is 0 Å². The Morgan fingerprint density at radius 3 is 2.41 bits per heavy atom. The molecule has 2 N–H and O–H groups in total. The third kappa shape index (κ3) is 6.60. The molecule has 2 amide bonds. The first kappa shape index (κ1) is 25.3. The van der Waals surface area contributed by atoms with Gasteiger partial charge in [-0.2, -0.15) is 0 Å². The molecule has 1 atom stereocenters. The number of anilines is 1. The predicted molar refractivity (Wildman–Crippen MR) is 134 cm³/mol. The predicted octanol–water partition coefficient (Wildman–Crippen LogP) is 4.10. The van der Waals surface area contributed by atoms with E-state index in [0.717, 1.165) is 22.6 Å². The van der Waals surface area contributed by atoms with E-state index in [1.54, 1.807) is 11.7 Å². The number of nitrogens with one attached hydrogen (secondary N) is 2. The van der Waals surface area contributed by atoms with Gasteiger partial charge in [-0.05, 0) is 42.2 Å². The Hall–Kier alpha value is -3.33. The van der Waals surface area contributed by atoms with Crippen molar-refractivity contribution in [3.8, 4) is 5.75 Å². The minimum absolute atomic E-state index is 0.108. The number of ether oxygens (including phenoxy) is 1. The first-order valence-electron chi connectivity index (χ1n) is 11.1. The van der Waals surface area contributed by atoms with E-state index in [2.05, 4.69) is 34.7 Å². The molecule has 3 aromatic rings. The van der Waals surface area contributed by atoms with Crippen LogP contribution in [0.15, 0.2) is 53.7 Å². The average molecular weight is 482 g/mol. The second-order valence-corrected chi connectivity index (χ2v) is 9.24. The monoisotopic (exact) mass is 481 g/mol. The molecule has 1 unspecified atom stereocenters. The van der Waals surface area contributed by atoms with Crippen molar-refractivity contribution < 1.29 is 14.3 Å². The molecule has 2 aromatic carbocycles. The highest BCUT2D eigenvalue weighted by atomic mass is 32.2. The molecule has 0 aliphatic heterocycles. The molecule has 1 aromatic heterocycles. The topological polar surface area (TPSA) is 98.1 Å². The quantitative estimate of drug-likeness (QED) is 0.423. The van der Waals surface area contributed by atoms with Crippen LogP contribution in [0.1, 0.15) is 49.7 Å². The smallest absolute Gasteiger partial charge is 0.234 e. The summed E-state index contributed by atoms with van der Waals surface area (Å²) in [7, 11) is 3.44. The van der Waals surface area contributed by atoms with E-state index < -0.39 is 0 Å². The Balaban J connectivity index is 1.54. The molecule has 3 rings (SSSR count). The highest BCUT2D eigenvalue weighted by molar-refractivity contribution is 7.99. The highest BCUT2D eigenvalue weighted by Gasteiger charge is 2.19. The Morgan fingerprint density at radius 1 is 1.03 bits per heavy atom. The van der Waals surface area contributed by atoms with Crippen LogP contribution in [0.25, 0.3) is 0 Å². The van der Waals surface area contributed by atoms with Crippen molar-refractivity contribution in [2.45, 2.75) is 44.3 Å². The summed E-state index contributed by atoms with van der Waals surface area (Å²) in [6.45, 7) is 6.05. The van der Waals surface area contributed by atoms with Crippen LogP contribution in [0.4, 0.5) is 5.69 Å². The molecule has 0 spiro atoms. The zero-order valence-electron chi connectivity index (χ0n) is 20.2. The standard InChI is InChI=1S/C25H31N5O3S/c1-16(2)20-8-6-7-9-21(20)27-23(32)15-34-25-29-28-24(30(25)4)17(3)26-22(31)14-18-10-12-19(33-5)13-11-18/h6-13,16-17H,14-15H2,1-5H3,(H,26,31)(H,27,32). The number of methoxy groups -OCH3 is 1. The number of thioether (sulfide) groups is 1. The van der Waals surface area contributed by atoms with Crippen LogP contribution >= 0.6 is 11.8 Å². The van der Waals surface area contributed by atoms with Crippen LogP contribution in [0, 0.1) is 0 Å². The summed E-state index contributed by atoms with van der Waals surface area (Å²) < 4.78 is 6.95. The number of para-hydroxylation sites is 1. The number of hydrogen-bond donors (Lipinski definition) is 2. The van der Waals surface area contributed by atoms with Crippen molar-refractivity contribution in [3.05, 3.63) is 65.5 Å². The molecular formula is C25H31N5O3S. The lowest BCUT2D eigenvalue weighted by Gasteiger charge is -2.14. The zero-order chi connectivity index (χ0) is 24.7. The van der Waals surface area contributed by atoms with Gasteiger partial charge in [-0.3, -0.25) is 9.59 Å². The SMILES string of the molecule is COc1ccc(CC(=O)NC(C)c2nnc(SCC(=O)Nc3ccccc3C(C)C)n2C)cc1. The first-order valence-corrected chi connectivity index (χ1v) is 12.1. The summed E-state index contributed by atoms with van der Waals surface area (Å²) in [5, 5.41) is 15.0. The van der Waals surface area contributed by atoms with Gasteiger partial charge in [0.2, 0.25) is 11.8 Å². The van der Waals surface area contributed by atoms with Gasteiger partial charge in [-0.15, -0.1) is 10.2 Å². The lowest BCUT2D eigenvalue weighted by molar-refractivity contribution is -0.121. The third-order valence-electron chi connectivity index (χ3n) is 5.35. The number of benzene rings is 2. The van der Waals surface area contributed by atoms with Crippen LogP contribution < -0.4 is 15.4 Å². The maximum Gasteiger partial charge on any atom is 0.234 e. The summed E-state index contributed by atoms with van der Waals surface area (Å²) >= 11 is 1.30. The molecule has 1 heterocycles. The fraction of sp³-hybridized carbons (Fsp3) is 0.360. The summed E-state index contributed by atoms with van der Waals surface area (Å²) in [6, 6.07) is 14.9. The molecule has 34 heavy (non-hydrogen) atoms. The maximum atomic E-state index is 12.5. The van der Waals surface area contributed by atoms with Gasteiger partial charge < -0.3 is 19.9 Å². The second kappa shape index (κ2) is 11.7. The Labute approximate surface area is 204 Å². The van der Waals surface area contributed by atoms with E-state index >= 15 is 0 Å². The van der Waals surface area contributed by atoms with Gasteiger partial charge in [0.25, 0.3) is 0 Å². The normalized spacial score (nSPS) is 11.8. The van der Waals surface area contributed by atoms with Crippen LogP contribution in [-0.4, -0.2) is 39.4 Å². The Kier molecular flexibility index (Phi) is 8.70. The minimum Gasteiger partial charge on any atom is -0.497 e. The lowest BCUT2D eigenvalue weighted by atomic mass is 10.0. The van der Waals surface area contributed by atoms with Crippen LogP contribution in [0.2, 0.25) is 0 Å². The second-order valence-electron chi connectivity index (χ2n) is 8.29. The summed E-state index contributed by atoms with van der Waals surface area (Å²) in [4.78, 5) is 25.0. The average Bonchev–Trinajstić information content (AvgIpc) is 3.18. The van der Waals surface area contributed by atoms with Gasteiger partial charge in [0.05, 0.1) is 25.3 Å². The number of carbonyl (C=O) groups excluding carboxylic acids is 2. The van der Waals surface area contributed by atoms with Crippen molar-refractivity contribution in [1.29, 1.82) is 0 Å². The molecule has 0 saturated heterocycles. The van der Waals surface area contributed by atoms with Gasteiger partial charge in [0.15, 0.2) is 11.0 Å². The van der Waals surface area contributed by atoms with Gasteiger partial charge in [0.1, 0.15) is 5.75 Å². The van der Waals surface area contributed by atoms with Gasteiger partial charge in [0, 0.05) is 12.7 Å². The molecule has 9 heteroatoms. The zero-order valence-corrected chi connectivity index (χ0v) is 21.0. The molecule has 180 valence electrons. The van der Waals surface area contributed by atoms with E-state index in [1.165, 1.54) is 11.8 Å². The summed E-state index contributed by atoms with van der Waals surface area (Å²) in [5.41, 5.74) is 2.82. The highest BCUT2D eigenvalue weighted by Crippen LogP contribution is 2.25. The van der Waals surface area contributed by atoms with Gasteiger partial charge in [-0.25, -0.2) is 0 Å². The fourth-order valence-corrected chi connectivity index (χ4v) is 4.26. The minimum atomic E-state index is -0.329. The largest absolute Gasteiger partial charge is 0.497 e. The van der Waals surface area contributed by atoms with E-state index in [4.69, 9.17) is 4.74 Å². The Morgan fingerprint density at radius 2 is 1.74 bits per heavy atom. The van der Waals surface area contributed by atoms with Crippen LogP contribution in [0.3, 0.4) is 0 Å². The molecule has 0 fully saturated rings. The number of nitrogens with zero attached hydrogens (tertiary/aromatic N) is 3. The summed E-state index contributed by atoms with van der Waals surface area (Å²) in [6.07, 6.45) is 0.256. The lowest BCUT2D eigenvalue weighted by Crippen LogP contribution is -2.29. The van der Waals surface area contributed by atoms with E-state index in [1.807, 2.05) is 62.5 Å². The third-order valence-corrected chi connectivity index (χ3v) is 6.37. The number of amides is 2. The van der Waals surface area contributed by atoms with Crippen LogP contribution in [-0.2, 0) is 23.1 Å².